The molecule has 0 aliphatic carbocycles. The molecule has 8 heteroatoms. The van der Waals surface area contributed by atoms with E-state index in [1.54, 1.807) is 37.0 Å². The summed E-state index contributed by atoms with van der Waals surface area (Å²) in [5, 5.41) is 10.3. The summed E-state index contributed by atoms with van der Waals surface area (Å²) in [6.07, 6.45) is 14.8. The van der Waals surface area contributed by atoms with E-state index in [2.05, 4.69) is 48.1 Å². The third-order valence-electron chi connectivity index (χ3n) is 5.20. The van der Waals surface area contributed by atoms with Gasteiger partial charge in [-0.05, 0) is 18.2 Å². The van der Waals surface area contributed by atoms with Gasteiger partial charge in [0.2, 0.25) is 0 Å². The van der Waals surface area contributed by atoms with Crippen LogP contribution in [0, 0.1) is 11.3 Å². The maximum Gasteiger partial charge on any atom is 0.160 e. The molecule has 2 aromatic rings. The average molecular weight is 409 g/mol. The van der Waals surface area contributed by atoms with Crippen LogP contribution in [0.3, 0.4) is 0 Å². The second-order valence-corrected chi connectivity index (χ2v) is 7.15. The normalized spacial score (nSPS) is 16.9. The average Bonchev–Trinajstić information content (AvgIpc) is 3.23. The Bertz CT molecular complexity index is 1300. The number of anilines is 1. The van der Waals surface area contributed by atoms with Gasteiger partial charge in [-0.15, -0.1) is 0 Å². The van der Waals surface area contributed by atoms with Crippen LogP contribution in [-0.2, 0) is 0 Å². The first-order valence-electron chi connectivity index (χ1n) is 9.96. The van der Waals surface area contributed by atoms with Gasteiger partial charge in [-0.3, -0.25) is 9.98 Å². The van der Waals surface area contributed by atoms with E-state index in [0.717, 1.165) is 36.2 Å². The zero-order valence-electron chi connectivity index (χ0n) is 16.7. The van der Waals surface area contributed by atoms with Gasteiger partial charge in [0.1, 0.15) is 24.0 Å². The summed E-state index contributed by atoms with van der Waals surface area (Å²) in [6, 6.07) is 7.40. The Kier molecular flexibility index (Phi) is 4.99. The Hall–Kier alpha value is -4.25. The van der Waals surface area contributed by atoms with Gasteiger partial charge >= 0.3 is 0 Å². The predicted octanol–water partition coefficient (Wildman–Crippen LogP) is 1.59. The number of aromatic nitrogens is 2. The number of rotatable bonds is 0. The molecule has 0 saturated heterocycles. The summed E-state index contributed by atoms with van der Waals surface area (Å²) in [6.45, 7) is 2.98. The molecule has 0 amide bonds. The van der Waals surface area contributed by atoms with Gasteiger partial charge in [0, 0.05) is 49.9 Å². The van der Waals surface area contributed by atoms with Gasteiger partial charge in [-0.2, -0.15) is 5.26 Å². The van der Waals surface area contributed by atoms with Crippen LogP contribution >= 0.6 is 0 Å². The summed E-state index contributed by atoms with van der Waals surface area (Å²) in [5.41, 5.74) is 2.78. The zero-order chi connectivity index (χ0) is 21.0. The van der Waals surface area contributed by atoms with Gasteiger partial charge in [0.25, 0.3) is 0 Å². The number of benzene rings is 1. The molecular formula is C23H19N7O. The lowest BCUT2D eigenvalue weighted by Crippen LogP contribution is -2.41. The van der Waals surface area contributed by atoms with Crippen molar-refractivity contribution in [2.75, 3.05) is 31.1 Å². The number of allylic oxidation sites excluding steroid dienone is 2. The number of aliphatic imine (C=N–C) groups is 1. The Balaban J connectivity index is 1.63. The van der Waals surface area contributed by atoms with E-state index in [1.807, 2.05) is 18.4 Å². The minimum absolute atomic E-state index is 0.452. The maximum absolute atomic E-state index is 9.36. The number of fused-ring (bicyclic) bond motifs is 4. The number of nitriles is 1. The van der Waals surface area contributed by atoms with E-state index in [9.17, 15) is 5.26 Å². The minimum Gasteiger partial charge on any atom is -0.464 e. The van der Waals surface area contributed by atoms with Crippen LogP contribution in [0.15, 0.2) is 71.4 Å². The molecule has 4 aliphatic heterocycles. The number of ether oxygens (including phenoxy) is 1. The molecular weight excluding hydrogens is 390 g/mol. The van der Waals surface area contributed by atoms with E-state index in [-0.39, 0.29) is 0 Å². The van der Waals surface area contributed by atoms with Crippen LogP contribution in [0.2, 0.25) is 0 Å². The van der Waals surface area contributed by atoms with Crippen LogP contribution in [0.5, 0.6) is 5.75 Å². The summed E-state index contributed by atoms with van der Waals surface area (Å²) in [7, 11) is 0. The molecule has 31 heavy (non-hydrogen) atoms. The Morgan fingerprint density at radius 2 is 2.06 bits per heavy atom. The Labute approximate surface area is 179 Å². The molecule has 4 bridgehead atoms. The third kappa shape index (κ3) is 3.81. The lowest BCUT2D eigenvalue weighted by atomic mass is 10.2. The molecule has 0 radical (unpaired) electrons. The fraction of sp³-hybridized carbons (Fsp3) is 0.174. The summed E-state index contributed by atoms with van der Waals surface area (Å²) >= 11 is 0. The summed E-state index contributed by atoms with van der Waals surface area (Å²) in [4.78, 5) is 22.4. The molecule has 8 nitrogen and oxygen atoms in total. The van der Waals surface area contributed by atoms with Crippen LogP contribution < -0.4 is 20.3 Å². The standard InChI is InChI=1S/C23H19N7O/c24-13-17-4-5-19-12-20(17)31-11-3-1-2-6-29-7-9-30(10-8-29)23-21-18(14-25-19)15-26-22(21)27-16-28-23/h1-5,7,9,11-12,14,16H,6,8,10,15H2. The smallest absolute Gasteiger partial charge is 0.160 e. The molecule has 6 rings (SSSR count). The van der Waals surface area contributed by atoms with Crippen molar-refractivity contribution in [1.82, 2.24) is 14.9 Å². The van der Waals surface area contributed by atoms with Crippen molar-refractivity contribution >= 4 is 23.3 Å². The van der Waals surface area contributed by atoms with Crippen molar-refractivity contribution in [2.24, 2.45) is 9.98 Å². The second kappa shape index (κ2) is 8.24. The third-order valence-corrected chi connectivity index (χ3v) is 5.20. The molecule has 1 aromatic heterocycles. The molecule has 1 aromatic carbocycles. The van der Waals surface area contributed by atoms with Crippen molar-refractivity contribution in [3.05, 3.63) is 77.7 Å². The highest BCUT2D eigenvalue weighted by Gasteiger charge is 2.18. The molecule has 0 N–H and O–H groups in total. The van der Waals surface area contributed by atoms with E-state index < -0.39 is 0 Å². The first-order valence-corrected chi connectivity index (χ1v) is 9.96. The van der Waals surface area contributed by atoms with E-state index in [1.165, 1.54) is 0 Å². The topological polar surface area (TPSA) is 90.0 Å². The Morgan fingerprint density at radius 1 is 1.10 bits per heavy atom. The van der Waals surface area contributed by atoms with Gasteiger partial charge < -0.3 is 14.5 Å². The van der Waals surface area contributed by atoms with Crippen LogP contribution in [-0.4, -0.2) is 47.3 Å². The molecule has 4 aliphatic rings. The highest BCUT2D eigenvalue weighted by Crippen LogP contribution is 2.25. The second-order valence-electron chi connectivity index (χ2n) is 7.15. The molecule has 0 atom stereocenters. The van der Waals surface area contributed by atoms with Crippen LogP contribution in [0.25, 0.3) is 5.57 Å². The SMILES string of the molecule is N#Cc1ccc2cc1OC=CC=CCN1C=CN(CC1)c1ncnc3c1=C(C=N2)CN=3. The van der Waals surface area contributed by atoms with Crippen molar-refractivity contribution in [2.45, 2.75) is 0 Å². The number of hydrogen-bond donors (Lipinski definition) is 0. The van der Waals surface area contributed by atoms with Crippen molar-refractivity contribution < 1.29 is 4.74 Å². The fourth-order valence-corrected chi connectivity index (χ4v) is 3.59. The largest absolute Gasteiger partial charge is 0.464 e. The highest BCUT2D eigenvalue weighted by molar-refractivity contribution is 6.05. The molecule has 0 fully saturated rings. The fourth-order valence-electron chi connectivity index (χ4n) is 3.59. The van der Waals surface area contributed by atoms with E-state index in [4.69, 9.17) is 4.74 Å². The predicted molar refractivity (Wildman–Crippen MR) is 117 cm³/mol. The first kappa shape index (κ1) is 18.8. The van der Waals surface area contributed by atoms with Crippen molar-refractivity contribution in [3.63, 3.8) is 0 Å². The van der Waals surface area contributed by atoms with Crippen molar-refractivity contribution in [1.29, 1.82) is 5.26 Å². The molecule has 5 heterocycles. The van der Waals surface area contributed by atoms with Gasteiger partial charge in [0.05, 0.1) is 29.3 Å². The lowest BCUT2D eigenvalue weighted by Gasteiger charge is -2.30. The van der Waals surface area contributed by atoms with Gasteiger partial charge in [-0.1, -0.05) is 12.2 Å². The number of nitrogens with zero attached hydrogens (tertiary/aromatic N) is 7. The summed E-state index contributed by atoms with van der Waals surface area (Å²) < 4.78 is 5.69. The molecule has 0 spiro atoms. The minimum atomic E-state index is 0.452. The van der Waals surface area contributed by atoms with E-state index in [0.29, 0.717) is 29.0 Å². The van der Waals surface area contributed by atoms with Gasteiger partial charge in [-0.25, -0.2) is 9.97 Å². The maximum atomic E-state index is 9.36. The highest BCUT2D eigenvalue weighted by atomic mass is 16.5. The monoisotopic (exact) mass is 409 g/mol. The zero-order valence-corrected chi connectivity index (χ0v) is 16.7. The summed E-state index contributed by atoms with van der Waals surface area (Å²) in [5.74, 6) is 1.30. The van der Waals surface area contributed by atoms with Crippen molar-refractivity contribution in [3.8, 4) is 11.8 Å². The molecule has 0 saturated carbocycles. The quantitative estimate of drug-likeness (QED) is 0.656. The first-order chi connectivity index (χ1) is 15.3. The van der Waals surface area contributed by atoms with Crippen LogP contribution in [0.1, 0.15) is 5.56 Å². The Morgan fingerprint density at radius 3 is 2.94 bits per heavy atom. The molecule has 152 valence electrons. The van der Waals surface area contributed by atoms with Gasteiger partial charge in [0.15, 0.2) is 5.49 Å². The van der Waals surface area contributed by atoms with Crippen LogP contribution in [0.4, 0.5) is 11.5 Å². The lowest BCUT2D eigenvalue weighted by molar-refractivity contribution is 0.407. The number of hydrogen-bond acceptors (Lipinski definition) is 8. The van der Waals surface area contributed by atoms with E-state index >= 15 is 0 Å². The molecule has 0 unspecified atom stereocenters.